The van der Waals surface area contributed by atoms with Crippen molar-refractivity contribution in [1.29, 1.82) is 0 Å². The van der Waals surface area contributed by atoms with Gasteiger partial charge < -0.3 is 9.52 Å². The smallest absolute Gasteiger partial charge is 0.343 e. The van der Waals surface area contributed by atoms with Crippen LogP contribution < -0.4 is 5.63 Å². The number of aromatic hydroxyl groups is 1. The third kappa shape index (κ3) is 1.84. The average Bonchev–Trinajstić information content (AvgIpc) is 2.30. The second-order valence-corrected chi connectivity index (χ2v) is 3.48. The summed E-state index contributed by atoms with van der Waals surface area (Å²) in [4.78, 5) is 11.5. The van der Waals surface area contributed by atoms with E-state index >= 15 is 0 Å². The van der Waals surface area contributed by atoms with E-state index < -0.39 is 5.63 Å². The summed E-state index contributed by atoms with van der Waals surface area (Å²) in [5.74, 6) is 0.387. The standard InChI is InChI=1S/C13H12O3/c1-2-10-11(14)8-12(16-13(10)15)9-6-4-3-5-7-9/h3-8,14H,2H2,1H3. The van der Waals surface area contributed by atoms with Gasteiger partial charge in [0.1, 0.15) is 11.5 Å². The van der Waals surface area contributed by atoms with Crippen molar-refractivity contribution in [1.82, 2.24) is 0 Å². The van der Waals surface area contributed by atoms with Gasteiger partial charge in [-0.1, -0.05) is 37.3 Å². The molecule has 0 aliphatic heterocycles. The minimum absolute atomic E-state index is 0.00222. The first-order chi connectivity index (χ1) is 7.72. The third-order valence-electron chi connectivity index (χ3n) is 2.44. The van der Waals surface area contributed by atoms with Crippen LogP contribution in [0.5, 0.6) is 5.75 Å². The highest BCUT2D eigenvalue weighted by Gasteiger charge is 2.10. The lowest BCUT2D eigenvalue weighted by molar-refractivity contribution is 0.442. The molecule has 0 radical (unpaired) electrons. The molecule has 0 amide bonds. The van der Waals surface area contributed by atoms with Gasteiger partial charge >= 0.3 is 5.63 Å². The monoisotopic (exact) mass is 216 g/mol. The van der Waals surface area contributed by atoms with E-state index in [1.807, 2.05) is 30.3 Å². The van der Waals surface area contributed by atoms with Crippen LogP contribution in [0.1, 0.15) is 12.5 Å². The zero-order chi connectivity index (χ0) is 11.5. The van der Waals surface area contributed by atoms with E-state index in [1.54, 1.807) is 6.92 Å². The molecule has 0 unspecified atom stereocenters. The van der Waals surface area contributed by atoms with Gasteiger partial charge in [-0.2, -0.15) is 0 Å². The molecule has 0 bridgehead atoms. The summed E-state index contributed by atoms with van der Waals surface area (Å²) in [5.41, 5.74) is 0.624. The maximum absolute atomic E-state index is 11.5. The van der Waals surface area contributed by atoms with Crippen LogP contribution in [0.3, 0.4) is 0 Å². The van der Waals surface area contributed by atoms with Crippen LogP contribution in [-0.2, 0) is 6.42 Å². The first-order valence-corrected chi connectivity index (χ1v) is 5.13. The molecule has 0 saturated heterocycles. The Kier molecular flexibility index (Phi) is 2.77. The first-order valence-electron chi connectivity index (χ1n) is 5.13. The molecule has 1 N–H and O–H groups in total. The molecule has 16 heavy (non-hydrogen) atoms. The normalized spacial score (nSPS) is 10.3. The molecule has 1 heterocycles. The molecule has 0 atom stereocenters. The van der Waals surface area contributed by atoms with Crippen LogP contribution in [0.25, 0.3) is 11.3 Å². The molecule has 0 aliphatic rings. The van der Waals surface area contributed by atoms with Crippen molar-refractivity contribution >= 4 is 0 Å². The van der Waals surface area contributed by atoms with Gasteiger partial charge in [0.2, 0.25) is 0 Å². The molecule has 0 fully saturated rings. The summed E-state index contributed by atoms with van der Waals surface area (Å²) < 4.78 is 5.15. The number of rotatable bonds is 2. The van der Waals surface area contributed by atoms with E-state index in [0.717, 1.165) is 5.56 Å². The van der Waals surface area contributed by atoms with Crippen LogP contribution in [0.4, 0.5) is 0 Å². The second kappa shape index (κ2) is 4.23. The zero-order valence-electron chi connectivity index (χ0n) is 8.93. The highest BCUT2D eigenvalue weighted by Crippen LogP contribution is 2.23. The summed E-state index contributed by atoms with van der Waals surface area (Å²) in [7, 11) is 0. The maximum atomic E-state index is 11.5. The van der Waals surface area contributed by atoms with Gasteiger partial charge in [-0.3, -0.25) is 0 Å². The fourth-order valence-electron chi connectivity index (χ4n) is 1.58. The topological polar surface area (TPSA) is 50.4 Å². The zero-order valence-corrected chi connectivity index (χ0v) is 8.93. The number of hydrogen-bond acceptors (Lipinski definition) is 3. The Morgan fingerprint density at radius 1 is 1.25 bits per heavy atom. The Labute approximate surface area is 93.0 Å². The minimum Gasteiger partial charge on any atom is -0.507 e. The summed E-state index contributed by atoms with van der Waals surface area (Å²) >= 11 is 0. The molecule has 0 spiro atoms. The molecule has 2 rings (SSSR count). The summed E-state index contributed by atoms with van der Waals surface area (Å²) in [6, 6.07) is 10.7. The van der Waals surface area contributed by atoms with Gasteiger partial charge in [0.05, 0.1) is 5.56 Å². The Bertz CT molecular complexity index is 541. The molecular weight excluding hydrogens is 204 g/mol. The Hall–Kier alpha value is -2.03. The summed E-state index contributed by atoms with van der Waals surface area (Å²) in [5, 5.41) is 9.67. The molecule has 3 heteroatoms. The predicted octanol–water partition coefficient (Wildman–Crippen LogP) is 2.57. The highest BCUT2D eigenvalue weighted by molar-refractivity contribution is 5.58. The van der Waals surface area contributed by atoms with E-state index in [-0.39, 0.29) is 5.75 Å². The summed E-state index contributed by atoms with van der Waals surface area (Å²) in [6.07, 6.45) is 0.462. The van der Waals surface area contributed by atoms with E-state index in [9.17, 15) is 9.90 Å². The van der Waals surface area contributed by atoms with Gasteiger partial charge in [-0.05, 0) is 6.42 Å². The minimum atomic E-state index is -0.471. The van der Waals surface area contributed by atoms with Crippen molar-refractivity contribution in [2.75, 3.05) is 0 Å². The van der Waals surface area contributed by atoms with Gasteiger partial charge in [0.15, 0.2) is 0 Å². The van der Waals surface area contributed by atoms with Gasteiger partial charge in [0.25, 0.3) is 0 Å². The van der Waals surface area contributed by atoms with Crippen molar-refractivity contribution in [2.45, 2.75) is 13.3 Å². The van der Waals surface area contributed by atoms with Crippen LogP contribution in [-0.4, -0.2) is 5.11 Å². The van der Waals surface area contributed by atoms with Gasteiger partial charge in [-0.25, -0.2) is 4.79 Å². The van der Waals surface area contributed by atoms with E-state index in [4.69, 9.17) is 4.42 Å². The quantitative estimate of drug-likeness (QED) is 0.839. The highest BCUT2D eigenvalue weighted by atomic mass is 16.4. The molecule has 82 valence electrons. The van der Waals surface area contributed by atoms with Gasteiger partial charge in [0, 0.05) is 11.6 Å². The Morgan fingerprint density at radius 3 is 2.50 bits per heavy atom. The number of hydrogen-bond donors (Lipinski definition) is 1. The lowest BCUT2D eigenvalue weighted by Crippen LogP contribution is -2.06. The predicted molar refractivity (Wildman–Crippen MR) is 61.5 cm³/mol. The van der Waals surface area contributed by atoms with Crippen molar-refractivity contribution in [3.05, 3.63) is 52.4 Å². The second-order valence-electron chi connectivity index (χ2n) is 3.48. The average molecular weight is 216 g/mol. The van der Waals surface area contributed by atoms with Crippen molar-refractivity contribution in [2.24, 2.45) is 0 Å². The molecule has 1 aromatic heterocycles. The third-order valence-corrected chi connectivity index (χ3v) is 2.44. The maximum Gasteiger partial charge on any atom is 0.343 e. The van der Waals surface area contributed by atoms with Crippen LogP contribution in [0, 0.1) is 0 Å². The van der Waals surface area contributed by atoms with Crippen molar-refractivity contribution in [3.8, 4) is 17.1 Å². The fourth-order valence-corrected chi connectivity index (χ4v) is 1.58. The molecular formula is C13H12O3. The number of benzene rings is 1. The van der Waals surface area contributed by atoms with Crippen LogP contribution in [0.15, 0.2) is 45.6 Å². The molecule has 1 aromatic carbocycles. The summed E-state index contributed by atoms with van der Waals surface area (Å²) in [6.45, 7) is 1.80. The lowest BCUT2D eigenvalue weighted by atomic mass is 10.1. The van der Waals surface area contributed by atoms with Crippen LogP contribution in [0.2, 0.25) is 0 Å². The molecule has 3 nitrogen and oxygen atoms in total. The molecule has 0 saturated carbocycles. The van der Waals surface area contributed by atoms with E-state index in [0.29, 0.717) is 17.7 Å². The van der Waals surface area contributed by atoms with Crippen LogP contribution >= 0.6 is 0 Å². The van der Waals surface area contributed by atoms with E-state index in [2.05, 4.69) is 0 Å². The van der Waals surface area contributed by atoms with Crippen molar-refractivity contribution < 1.29 is 9.52 Å². The Morgan fingerprint density at radius 2 is 1.94 bits per heavy atom. The fraction of sp³-hybridized carbons (Fsp3) is 0.154. The van der Waals surface area contributed by atoms with Crippen molar-refractivity contribution in [3.63, 3.8) is 0 Å². The first kappa shape index (κ1) is 10.5. The van der Waals surface area contributed by atoms with Gasteiger partial charge in [-0.15, -0.1) is 0 Å². The largest absolute Gasteiger partial charge is 0.507 e. The van der Waals surface area contributed by atoms with E-state index in [1.165, 1.54) is 6.07 Å². The lowest BCUT2D eigenvalue weighted by Gasteiger charge is -2.03. The SMILES string of the molecule is CCc1c(O)cc(-c2ccccc2)oc1=O. The Balaban J connectivity index is 2.57. The molecule has 0 aliphatic carbocycles. The molecule has 2 aromatic rings.